The molecule has 0 radical (unpaired) electrons. The van der Waals surface area contributed by atoms with Crippen molar-refractivity contribution in [2.75, 3.05) is 0 Å². The van der Waals surface area contributed by atoms with Crippen LogP contribution in [0.3, 0.4) is 0 Å². The molecule has 6 nitrogen and oxygen atoms in total. The van der Waals surface area contributed by atoms with Gasteiger partial charge in [-0.25, -0.2) is 0 Å². The summed E-state index contributed by atoms with van der Waals surface area (Å²) in [6, 6.07) is 1.59. The van der Waals surface area contributed by atoms with Gasteiger partial charge in [0.1, 0.15) is 12.9 Å². The molecule has 62 valence electrons. The quantitative estimate of drug-likeness (QED) is 0.688. The van der Waals surface area contributed by atoms with Gasteiger partial charge in [-0.2, -0.15) is 4.98 Å². The fraction of sp³-hybridized carbons (Fsp3) is 0.167. The summed E-state index contributed by atoms with van der Waals surface area (Å²) in [6.07, 6.45) is 1.40. The van der Waals surface area contributed by atoms with Crippen LogP contribution >= 0.6 is 0 Å². The smallest absolute Gasteiger partial charge is 0.280 e. The van der Waals surface area contributed by atoms with Crippen LogP contribution in [0.5, 0.6) is 0 Å². The van der Waals surface area contributed by atoms with Crippen LogP contribution in [0, 0.1) is 0 Å². The predicted molar refractivity (Wildman–Crippen MR) is 35.7 cm³/mol. The van der Waals surface area contributed by atoms with Crippen molar-refractivity contribution in [1.82, 2.24) is 15.3 Å². The first-order valence-corrected chi connectivity index (χ1v) is 3.24. The predicted octanol–water partition coefficient (Wildman–Crippen LogP) is 0.217. The van der Waals surface area contributed by atoms with E-state index in [1.165, 1.54) is 6.26 Å². The van der Waals surface area contributed by atoms with Crippen LogP contribution in [0.15, 0.2) is 21.4 Å². The molecule has 0 aromatic carbocycles. The average molecular weight is 167 g/mol. The first kappa shape index (κ1) is 6.99. The summed E-state index contributed by atoms with van der Waals surface area (Å²) in [4.78, 5) is 3.82. The molecule has 0 aliphatic heterocycles. The molecule has 0 aliphatic carbocycles. The molecule has 2 aromatic heterocycles. The van der Waals surface area contributed by atoms with E-state index in [9.17, 15) is 0 Å². The number of nitrogens with zero attached hydrogens (tertiary/aromatic N) is 3. The Balaban J connectivity index is 2.35. The molecule has 0 unspecified atom stereocenters. The van der Waals surface area contributed by atoms with E-state index in [1.54, 1.807) is 6.07 Å². The Bertz CT molecular complexity index is 354. The summed E-state index contributed by atoms with van der Waals surface area (Å²) < 4.78 is 9.33. The highest BCUT2D eigenvalue weighted by atomic mass is 16.5. The van der Waals surface area contributed by atoms with Gasteiger partial charge in [0.2, 0.25) is 0 Å². The fourth-order valence-electron chi connectivity index (χ4n) is 0.745. The Kier molecular flexibility index (Phi) is 1.60. The van der Waals surface area contributed by atoms with Gasteiger partial charge in [-0.15, -0.1) is 0 Å². The Hall–Kier alpha value is -1.69. The van der Waals surface area contributed by atoms with E-state index in [0.717, 1.165) is 0 Å². The maximum atomic E-state index is 8.62. The number of aliphatic hydroxyl groups is 1. The highest BCUT2D eigenvalue weighted by Gasteiger charge is 2.09. The maximum Gasteiger partial charge on any atom is 0.280 e. The van der Waals surface area contributed by atoms with Gasteiger partial charge >= 0.3 is 0 Å². The van der Waals surface area contributed by atoms with Crippen molar-refractivity contribution in [3.8, 4) is 11.6 Å². The minimum atomic E-state index is -0.249. The van der Waals surface area contributed by atoms with Crippen molar-refractivity contribution in [2.45, 2.75) is 6.61 Å². The second kappa shape index (κ2) is 2.74. The third kappa shape index (κ3) is 1.08. The van der Waals surface area contributed by atoms with Gasteiger partial charge in [0.05, 0.1) is 0 Å². The highest BCUT2D eigenvalue weighted by Crippen LogP contribution is 2.13. The van der Waals surface area contributed by atoms with Gasteiger partial charge in [0, 0.05) is 6.07 Å². The summed E-state index contributed by atoms with van der Waals surface area (Å²) in [5.74, 6) is 0.473. The summed E-state index contributed by atoms with van der Waals surface area (Å²) >= 11 is 0. The van der Waals surface area contributed by atoms with Gasteiger partial charge in [-0.1, -0.05) is 10.3 Å². The zero-order valence-corrected chi connectivity index (χ0v) is 5.97. The molecule has 2 heterocycles. The molecule has 2 aromatic rings. The van der Waals surface area contributed by atoms with Crippen LogP contribution in [-0.4, -0.2) is 20.4 Å². The second-order valence-corrected chi connectivity index (χ2v) is 2.06. The molecule has 12 heavy (non-hydrogen) atoms. The molecule has 0 fully saturated rings. The van der Waals surface area contributed by atoms with E-state index in [-0.39, 0.29) is 18.3 Å². The molecule has 0 saturated heterocycles. The minimum Gasteiger partial charge on any atom is -0.388 e. The van der Waals surface area contributed by atoms with Crippen molar-refractivity contribution < 1.29 is 14.2 Å². The lowest BCUT2D eigenvalue weighted by Gasteiger charge is -1.79. The molecule has 2 rings (SSSR count). The molecule has 0 spiro atoms. The molecule has 0 saturated carbocycles. The van der Waals surface area contributed by atoms with Gasteiger partial charge in [-0.3, -0.25) is 0 Å². The Morgan fingerprint density at radius 1 is 1.42 bits per heavy atom. The molecule has 0 aliphatic rings. The normalized spacial score (nSPS) is 10.4. The van der Waals surface area contributed by atoms with Crippen LogP contribution in [0.2, 0.25) is 0 Å². The number of aliphatic hydroxyl groups excluding tert-OH is 1. The number of hydrogen-bond donors (Lipinski definition) is 1. The largest absolute Gasteiger partial charge is 0.388 e. The number of aromatic nitrogens is 3. The van der Waals surface area contributed by atoms with Crippen LogP contribution in [-0.2, 0) is 6.61 Å². The first-order valence-electron chi connectivity index (χ1n) is 3.24. The highest BCUT2D eigenvalue weighted by molar-refractivity contribution is 5.43. The molecular weight excluding hydrogens is 162 g/mol. The Morgan fingerprint density at radius 2 is 2.33 bits per heavy atom. The molecule has 1 N–H and O–H groups in total. The lowest BCUT2D eigenvalue weighted by molar-refractivity contribution is 0.264. The molecule has 0 amide bonds. The van der Waals surface area contributed by atoms with Gasteiger partial charge in [-0.05, 0) is 0 Å². The Labute approximate surface area is 66.8 Å². The fourth-order valence-corrected chi connectivity index (χ4v) is 0.745. The minimum absolute atomic E-state index is 0.230. The maximum absolute atomic E-state index is 8.62. The van der Waals surface area contributed by atoms with Crippen LogP contribution in [0.25, 0.3) is 11.6 Å². The van der Waals surface area contributed by atoms with Crippen LogP contribution in [0.4, 0.5) is 0 Å². The summed E-state index contributed by atoms with van der Waals surface area (Å²) in [5, 5.41) is 15.7. The Morgan fingerprint density at radius 3 is 2.92 bits per heavy atom. The van der Waals surface area contributed by atoms with Crippen molar-refractivity contribution in [3.63, 3.8) is 0 Å². The summed E-state index contributed by atoms with van der Waals surface area (Å²) in [6.45, 7) is -0.249. The van der Waals surface area contributed by atoms with E-state index < -0.39 is 0 Å². The molecule has 6 heteroatoms. The van der Waals surface area contributed by atoms with Gasteiger partial charge in [0.15, 0.2) is 11.5 Å². The lowest BCUT2D eigenvalue weighted by Crippen LogP contribution is -1.84. The van der Waals surface area contributed by atoms with Gasteiger partial charge < -0.3 is 14.2 Å². The average Bonchev–Trinajstić information content (AvgIpc) is 2.75. The van der Waals surface area contributed by atoms with E-state index in [0.29, 0.717) is 5.69 Å². The zero-order chi connectivity index (χ0) is 8.39. The van der Waals surface area contributed by atoms with Crippen molar-refractivity contribution >= 4 is 0 Å². The summed E-state index contributed by atoms with van der Waals surface area (Å²) in [5.41, 5.74) is 0.460. The van der Waals surface area contributed by atoms with E-state index in [2.05, 4.69) is 19.8 Å². The summed E-state index contributed by atoms with van der Waals surface area (Å²) in [7, 11) is 0. The standard InChI is InChI=1S/C6H5N3O3/c10-3-5-7-6(12-9-5)4-1-2-11-8-4/h1-2,10H,3H2. The number of rotatable bonds is 2. The molecular formula is C6H5N3O3. The molecule has 0 atom stereocenters. The van der Waals surface area contributed by atoms with Crippen LogP contribution < -0.4 is 0 Å². The number of hydrogen-bond acceptors (Lipinski definition) is 6. The zero-order valence-electron chi connectivity index (χ0n) is 5.97. The topological polar surface area (TPSA) is 85.2 Å². The third-order valence-electron chi connectivity index (χ3n) is 1.27. The third-order valence-corrected chi connectivity index (χ3v) is 1.27. The van der Waals surface area contributed by atoms with E-state index in [4.69, 9.17) is 9.63 Å². The van der Waals surface area contributed by atoms with Crippen LogP contribution in [0.1, 0.15) is 5.82 Å². The molecule has 0 bridgehead atoms. The van der Waals surface area contributed by atoms with Crippen molar-refractivity contribution in [1.29, 1.82) is 0 Å². The van der Waals surface area contributed by atoms with E-state index >= 15 is 0 Å². The monoisotopic (exact) mass is 167 g/mol. The van der Waals surface area contributed by atoms with Gasteiger partial charge in [0.25, 0.3) is 5.89 Å². The first-order chi connectivity index (χ1) is 5.90. The second-order valence-electron chi connectivity index (χ2n) is 2.06. The lowest BCUT2D eigenvalue weighted by atomic mass is 10.4. The SMILES string of the molecule is OCc1noc(-c2ccon2)n1. The van der Waals surface area contributed by atoms with Crippen molar-refractivity contribution in [2.24, 2.45) is 0 Å². The van der Waals surface area contributed by atoms with E-state index in [1.807, 2.05) is 0 Å². The van der Waals surface area contributed by atoms with Crippen molar-refractivity contribution in [3.05, 3.63) is 18.2 Å².